The molecule has 9 heavy (non-hydrogen) atoms. The second-order valence-corrected chi connectivity index (χ2v) is 2.56. The number of aromatic nitrogens is 2. The lowest BCUT2D eigenvalue weighted by atomic mass is 10.5. The minimum absolute atomic E-state index is 0.261. The van der Waals surface area contributed by atoms with Crippen molar-refractivity contribution in [2.45, 2.75) is 0 Å². The molecule has 1 aromatic heterocycles. The van der Waals surface area contributed by atoms with E-state index < -0.39 is 5.95 Å². The SMILES string of the molecule is Nc1nnc(F)cc1I. The quantitative estimate of drug-likeness (QED) is 0.681. The van der Waals surface area contributed by atoms with Crippen LogP contribution in [0.1, 0.15) is 0 Å². The Bertz CT molecular complexity index is 227. The highest BCUT2D eigenvalue weighted by atomic mass is 127. The summed E-state index contributed by atoms with van der Waals surface area (Å²) in [6.45, 7) is 0. The fourth-order valence-electron chi connectivity index (χ4n) is 0.357. The molecule has 0 aliphatic rings. The lowest BCUT2D eigenvalue weighted by Crippen LogP contribution is -1.97. The zero-order valence-corrected chi connectivity index (χ0v) is 6.46. The van der Waals surface area contributed by atoms with Crippen LogP contribution in [0.15, 0.2) is 6.07 Å². The highest BCUT2D eigenvalue weighted by Crippen LogP contribution is 2.09. The van der Waals surface area contributed by atoms with Gasteiger partial charge in [0.25, 0.3) is 0 Å². The number of nitrogen functional groups attached to an aromatic ring is 1. The Morgan fingerprint density at radius 1 is 1.56 bits per heavy atom. The molecule has 48 valence electrons. The van der Waals surface area contributed by atoms with Gasteiger partial charge >= 0.3 is 0 Å². The van der Waals surface area contributed by atoms with Gasteiger partial charge in [-0.2, -0.15) is 4.39 Å². The van der Waals surface area contributed by atoms with Crippen LogP contribution in [0.4, 0.5) is 10.2 Å². The van der Waals surface area contributed by atoms with Crippen LogP contribution in [0.2, 0.25) is 0 Å². The van der Waals surface area contributed by atoms with Crippen molar-refractivity contribution in [1.29, 1.82) is 0 Å². The molecule has 0 aliphatic heterocycles. The lowest BCUT2D eigenvalue weighted by molar-refractivity contribution is 0.563. The first kappa shape index (κ1) is 6.66. The van der Waals surface area contributed by atoms with Crippen LogP contribution >= 0.6 is 22.6 Å². The first-order chi connectivity index (χ1) is 4.20. The molecule has 1 heterocycles. The number of rotatable bonds is 0. The van der Waals surface area contributed by atoms with Gasteiger partial charge < -0.3 is 5.73 Å². The Labute approximate surface area is 64.6 Å². The van der Waals surface area contributed by atoms with Gasteiger partial charge in [0.1, 0.15) is 0 Å². The van der Waals surface area contributed by atoms with Crippen LogP contribution < -0.4 is 5.73 Å². The first-order valence-corrected chi connectivity index (χ1v) is 3.22. The number of nitrogens with two attached hydrogens (primary N) is 1. The van der Waals surface area contributed by atoms with Gasteiger partial charge in [0.05, 0.1) is 3.57 Å². The molecule has 0 spiro atoms. The molecular weight excluding hydrogens is 236 g/mol. The van der Waals surface area contributed by atoms with Gasteiger partial charge in [0.2, 0.25) is 5.95 Å². The van der Waals surface area contributed by atoms with E-state index in [1.54, 1.807) is 0 Å². The predicted octanol–water partition coefficient (Wildman–Crippen LogP) is 0.802. The van der Waals surface area contributed by atoms with E-state index in [4.69, 9.17) is 5.73 Å². The maximum atomic E-state index is 12.1. The standard InChI is InChI=1S/C4H3FIN3/c5-3-1-2(6)4(7)9-8-3/h1H,(H2,7,9). The summed E-state index contributed by atoms with van der Waals surface area (Å²) in [5.74, 6) is -0.342. The molecule has 0 saturated heterocycles. The largest absolute Gasteiger partial charge is 0.381 e. The summed E-state index contributed by atoms with van der Waals surface area (Å²) in [4.78, 5) is 0. The van der Waals surface area contributed by atoms with E-state index in [1.807, 2.05) is 22.6 Å². The van der Waals surface area contributed by atoms with Crippen molar-refractivity contribution in [3.63, 3.8) is 0 Å². The molecule has 0 bridgehead atoms. The Balaban J connectivity index is 3.17. The number of hydrogen-bond donors (Lipinski definition) is 1. The van der Waals surface area contributed by atoms with E-state index in [1.165, 1.54) is 6.07 Å². The van der Waals surface area contributed by atoms with E-state index in [-0.39, 0.29) is 5.82 Å². The van der Waals surface area contributed by atoms with Crippen LogP contribution in [0, 0.1) is 9.52 Å². The molecule has 5 heteroatoms. The summed E-state index contributed by atoms with van der Waals surface area (Å²) >= 11 is 1.88. The summed E-state index contributed by atoms with van der Waals surface area (Å²) in [5, 5.41) is 6.42. The normalized spacial score (nSPS) is 9.56. The number of hydrogen-bond acceptors (Lipinski definition) is 3. The van der Waals surface area contributed by atoms with Crippen LogP contribution in [0.25, 0.3) is 0 Å². The van der Waals surface area contributed by atoms with Crippen LogP contribution in [-0.4, -0.2) is 10.2 Å². The van der Waals surface area contributed by atoms with Gasteiger partial charge in [-0.3, -0.25) is 0 Å². The van der Waals surface area contributed by atoms with Gasteiger partial charge in [-0.05, 0) is 22.6 Å². The molecule has 0 saturated carbocycles. The summed E-state index contributed by atoms with van der Waals surface area (Å²) in [6.07, 6.45) is 0. The second-order valence-electron chi connectivity index (χ2n) is 1.40. The highest BCUT2D eigenvalue weighted by molar-refractivity contribution is 14.1. The monoisotopic (exact) mass is 239 g/mol. The van der Waals surface area contributed by atoms with E-state index in [2.05, 4.69) is 10.2 Å². The fourth-order valence-corrected chi connectivity index (χ4v) is 0.722. The van der Waals surface area contributed by atoms with Gasteiger partial charge in [0.15, 0.2) is 5.82 Å². The van der Waals surface area contributed by atoms with E-state index >= 15 is 0 Å². The van der Waals surface area contributed by atoms with E-state index in [0.29, 0.717) is 3.57 Å². The molecule has 1 aromatic rings. The molecule has 0 unspecified atom stereocenters. The number of halogens is 2. The van der Waals surface area contributed by atoms with Crippen molar-refractivity contribution in [3.05, 3.63) is 15.6 Å². The van der Waals surface area contributed by atoms with Crippen molar-refractivity contribution >= 4 is 28.4 Å². The smallest absolute Gasteiger partial charge is 0.234 e. The van der Waals surface area contributed by atoms with E-state index in [0.717, 1.165) is 0 Å². The van der Waals surface area contributed by atoms with Gasteiger partial charge in [-0.15, -0.1) is 10.2 Å². The van der Waals surface area contributed by atoms with Crippen molar-refractivity contribution in [3.8, 4) is 0 Å². The average Bonchev–Trinajstić information content (AvgIpc) is 1.80. The lowest BCUT2D eigenvalue weighted by Gasteiger charge is -1.91. The molecular formula is C4H3FIN3. The van der Waals surface area contributed by atoms with Gasteiger partial charge in [-0.1, -0.05) is 0 Å². The van der Waals surface area contributed by atoms with Crippen molar-refractivity contribution < 1.29 is 4.39 Å². The summed E-state index contributed by atoms with van der Waals surface area (Å²) in [7, 11) is 0. The van der Waals surface area contributed by atoms with Crippen LogP contribution in [-0.2, 0) is 0 Å². The second kappa shape index (κ2) is 2.42. The average molecular weight is 239 g/mol. The third-order valence-electron chi connectivity index (χ3n) is 0.744. The molecule has 0 fully saturated rings. The molecule has 1 rings (SSSR count). The minimum atomic E-state index is -0.603. The predicted molar refractivity (Wildman–Crippen MR) is 39.1 cm³/mol. The molecule has 3 nitrogen and oxygen atoms in total. The molecule has 0 aliphatic carbocycles. The maximum Gasteiger partial charge on any atom is 0.234 e. The topological polar surface area (TPSA) is 51.8 Å². The fraction of sp³-hybridized carbons (Fsp3) is 0. The Kier molecular flexibility index (Phi) is 1.79. The number of nitrogens with zero attached hydrogens (tertiary/aromatic N) is 2. The molecule has 0 atom stereocenters. The van der Waals surface area contributed by atoms with Crippen molar-refractivity contribution in [2.75, 3.05) is 5.73 Å². The van der Waals surface area contributed by atoms with E-state index in [9.17, 15) is 4.39 Å². The summed E-state index contributed by atoms with van der Waals surface area (Å²) in [5.41, 5.74) is 5.24. The van der Waals surface area contributed by atoms with Gasteiger partial charge in [-0.25, -0.2) is 0 Å². The first-order valence-electron chi connectivity index (χ1n) is 2.14. The third-order valence-corrected chi connectivity index (χ3v) is 1.61. The highest BCUT2D eigenvalue weighted by Gasteiger charge is 1.97. The Hall–Kier alpha value is -0.460. The van der Waals surface area contributed by atoms with Crippen LogP contribution in [0.3, 0.4) is 0 Å². The minimum Gasteiger partial charge on any atom is -0.381 e. The third kappa shape index (κ3) is 1.47. The Morgan fingerprint density at radius 3 is 2.67 bits per heavy atom. The summed E-state index contributed by atoms with van der Waals surface area (Å²) in [6, 6.07) is 1.23. The number of anilines is 1. The van der Waals surface area contributed by atoms with Crippen molar-refractivity contribution in [2.24, 2.45) is 0 Å². The van der Waals surface area contributed by atoms with Crippen LogP contribution in [0.5, 0.6) is 0 Å². The zero-order valence-electron chi connectivity index (χ0n) is 4.31. The summed E-state index contributed by atoms with van der Waals surface area (Å²) < 4.78 is 12.7. The zero-order chi connectivity index (χ0) is 6.85. The molecule has 0 radical (unpaired) electrons. The van der Waals surface area contributed by atoms with Crippen molar-refractivity contribution in [1.82, 2.24) is 10.2 Å². The Morgan fingerprint density at radius 2 is 2.22 bits per heavy atom. The maximum absolute atomic E-state index is 12.1. The van der Waals surface area contributed by atoms with Gasteiger partial charge in [0, 0.05) is 6.07 Å². The molecule has 0 amide bonds. The molecule has 2 N–H and O–H groups in total. The molecule has 0 aromatic carbocycles.